The monoisotopic (exact) mass is 315 g/mol. The molecule has 1 N–H and O–H groups in total. The number of carbonyl (C=O) groups excluding carboxylic acids is 1. The molecule has 0 unspecified atom stereocenters. The number of sulfone groups is 1. The Bertz CT molecular complexity index is 607. The van der Waals surface area contributed by atoms with E-state index in [4.69, 9.17) is 11.6 Å². The van der Waals surface area contributed by atoms with Crippen molar-refractivity contribution in [1.82, 2.24) is 5.32 Å². The normalized spacial score (nSPS) is 16.9. The van der Waals surface area contributed by atoms with E-state index in [0.29, 0.717) is 0 Å². The third-order valence-corrected chi connectivity index (χ3v) is 4.99. The molecule has 4 nitrogen and oxygen atoms in total. The van der Waals surface area contributed by atoms with Gasteiger partial charge in [0.2, 0.25) is 0 Å². The standard InChI is InChI=1S/C14H18ClNO3S/c1-20(18,19)11-7-8-13(15)12(9-11)14(17)16-10-5-3-2-4-6-10/h7-10H,2-6H2,1H3,(H,16,17). The van der Waals surface area contributed by atoms with Gasteiger partial charge in [0.1, 0.15) is 0 Å². The summed E-state index contributed by atoms with van der Waals surface area (Å²) in [5.74, 6) is -0.299. The molecule has 110 valence electrons. The minimum atomic E-state index is -3.35. The van der Waals surface area contributed by atoms with E-state index in [-0.39, 0.29) is 27.4 Å². The molecule has 1 fully saturated rings. The lowest BCUT2D eigenvalue weighted by Gasteiger charge is -2.23. The van der Waals surface area contributed by atoms with E-state index in [9.17, 15) is 13.2 Å². The first kappa shape index (κ1) is 15.3. The molecule has 0 heterocycles. The molecule has 2 rings (SSSR count). The van der Waals surface area contributed by atoms with Crippen LogP contribution in [0.25, 0.3) is 0 Å². The highest BCUT2D eigenvalue weighted by Gasteiger charge is 2.20. The van der Waals surface area contributed by atoms with Gasteiger partial charge in [-0.05, 0) is 31.0 Å². The number of hydrogen-bond acceptors (Lipinski definition) is 3. The second-order valence-electron chi connectivity index (χ2n) is 5.22. The first-order valence-corrected chi connectivity index (χ1v) is 8.95. The highest BCUT2D eigenvalue weighted by atomic mass is 35.5. The average molecular weight is 316 g/mol. The summed E-state index contributed by atoms with van der Waals surface area (Å²) in [5, 5.41) is 3.21. The zero-order valence-electron chi connectivity index (χ0n) is 11.4. The van der Waals surface area contributed by atoms with Crippen molar-refractivity contribution < 1.29 is 13.2 Å². The number of nitrogens with one attached hydrogen (secondary N) is 1. The van der Waals surface area contributed by atoms with Crippen LogP contribution in [0.3, 0.4) is 0 Å². The van der Waals surface area contributed by atoms with Crippen molar-refractivity contribution in [3.8, 4) is 0 Å². The van der Waals surface area contributed by atoms with Gasteiger partial charge in [0, 0.05) is 12.3 Å². The third-order valence-electron chi connectivity index (χ3n) is 3.55. The molecule has 0 spiro atoms. The van der Waals surface area contributed by atoms with Crippen molar-refractivity contribution in [2.75, 3.05) is 6.26 Å². The van der Waals surface area contributed by atoms with Gasteiger partial charge in [0.15, 0.2) is 9.84 Å². The Hall–Kier alpha value is -1.07. The molecule has 0 radical (unpaired) electrons. The summed E-state index contributed by atoms with van der Waals surface area (Å²) in [6.07, 6.45) is 6.48. The van der Waals surface area contributed by atoms with Gasteiger partial charge in [-0.3, -0.25) is 4.79 Å². The summed E-state index contributed by atoms with van der Waals surface area (Å²) in [6, 6.07) is 4.37. The van der Waals surface area contributed by atoms with E-state index in [2.05, 4.69) is 5.32 Å². The number of rotatable bonds is 3. The lowest BCUT2D eigenvalue weighted by molar-refractivity contribution is 0.0927. The van der Waals surface area contributed by atoms with Crippen molar-refractivity contribution in [2.45, 2.75) is 43.0 Å². The topological polar surface area (TPSA) is 63.2 Å². The van der Waals surface area contributed by atoms with Crippen molar-refractivity contribution in [3.05, 3.63) is 28.8 Å². The van der Waals surface area contributed by atoms with Crippen LogP contribution in [0.2, 0.25) is 5.02 Å². The first-order chi connectivity index (χ1) is 9.38. The Morgan fingerprint density at radius 2 is 1.90 bits per heavy atom. The number of halogens is 1. The van der Waals surface area contributed by atoms with E-state index < -0.39 is 9.84 Å². The van der Waals surface area contributed by atoms with Crippen LogP contribution >= 0.6 is 11.6 Å². The molecule has 0 atom stereocenters. The molecule has 0 aromatic heterocycles. The smallest absolute Gasteiger partial charge is 0.253 e. The molecule has 1 amide bonds. The van der Waals surface area contributed by atoms with Crippen LogP contribution < -0.4 is 5.32 Å². The SMILES string of the molecule is CS(=O)(=O)c1ccc(Cl)c(C(=O)NC2CCCCC2)c1. The number of amides is 1. The molecule has 6 heteroatoms. The van der Waals surface area contributed by atoms with E-state index in [1.54, 1.807) is 0 Å². The maximum Gasteiger partial charge on any atom is 0.253 e. The van der Waals surface area contributed by atoms with Crippen LogP contribution in [0.5, 0.6) is 0 Å². The Kier molecular flexibility index (Phi) is 4.70. The summed E-state index contributed by atoms with van der Waals surface area (Å²) in [6.45, 7) is 0. The maximum atomic E-state index is 12.2. The van der Waals surface area contributed by atoms with Crippen molar-refractivity contribution in [2.24, 2.45) is 0 Å². The Morgan fingerprint density at radius 1 is 1.25 bits per heavy atom. The lowest BCUT2D eigenvalue weighted by Crippen LogP contribution is -2.36. The molecule has 1 aliphatic rings. The van der Waals surface area contributed by atoms with E-state index >= 15 is 0 Å². The summed E-state index contributed by atoms with van der Waals surface area (Å²) < 4.78 is 23.1. The van der Waals surface area contributed by atoms with Crippen LogP contribution in [0.1, 0.15) is 42.5 Å². The van der Waals surface area contributed by atoms with Gasteiger partial charge in [-0.25, -0.2) is 8.42 Å². The first-order valence-electron chi connectivity index (χ1n) is 6.68. The summed E-state index contributed by atoms with van der Waals surface area (Å²) >= 11 is 6.00. The van der Waals surface area contributed by atoms with Crippen molar-refractivity contribution >= 4 is 27.3 Å². The number of benzene rings is 1. The maximum absolute atomic E-state index is 12.2. The highest BCUT2D eigenvalue weighted by molar-refractivity contribution is 7.90. The largest absolute Gasteiger partial charge is 0.349 e. The van der Waals surface area contributed by atoms with Gasteiger partial charge in [0.05, 0.1) is 15.5 Å². The van der Waals surface area contributed by atoms with Gasteiger partial charge in [-0.2, -0.15) is 0 Å². The van der Waals surface area contributed by atoms with Gasteiger partial charge in [-0.1, -0.05) is 30.9 Å². The van der Waals surface area contributed by atoms with Gasteiger partial charge >= 0.3 is 0 Å². The fourth-order valence-electron chi connectivity index (χ4n) is 2.42. The number of carbonyl (C=O) groups is 1. The Labute approximate surface area is 124 Å². The predicted octanol–water partition coefficient (Wildman–Crippen LogP) is 2.81. The van der Waals surface area contributed by atoms with Crippen LogP contribution in [-0.2, 0) is 9.84 Å². The molecule has 1 aromatic rings. The molecular formula is C14H18ClNO3S. The second-order valence-corrected chi connectivity index (χ2v) is 7.65. The average Bonchev–Trinajstić information content (AvgIpc) is 2.39. The predicted molar refractivity (Wildman–Crippen MR) is 78.9 cm³/mol. The van der Waals surface area contributed by atoms with Crippen LogP contribution in [0.15, 0.2) is 23.1 Å². The summed E-state index contributed by atoms with van der Waals surface area (Å²) in [7, 11) is -3.35. The Morgan fingerprint density at radius 3 is 2.50 bits per heavy atom. The van der Waals surface area contributed by atoms with Gasteiger partial charge in [0.25, 0.3) is 5.91 Å². The van der Waals surface area contributed by atoms with E-state index in [1.165, 1.54) is 24.6 Å². The Balaban J connectivity index is 2.20. The van der Waals surface area contributed by atoms with Crippen LogP contribution in [0, 0.1) is 0 Å². The number of hydrogen-bond donors (Lipinski definition) is 1. The quantitative estimate of drug-likeness (QED) is 0.933. The highest BCUT2D eigenvalue weighted by Crippen LogP contribution is 2.22. The van der Waals surface area contributed by atoms with Gasteiger partial charge < -0.3 is 5.32 Å². The van der Waals surface area contributed by atoms with Gasteiger partial charge in [-0.15, -0.1) is 0 Å². The minimum absolute atomic E-state index is 0.107. The fourth-order valence-corrected chi connectivity index (χ4v) is 3.27. The molecule has 0 saturated heterocycles. The van der Waals surface area contributed by atoms with E-state index in [1.807, 2.05) is 0 Å². The lowest BCUT2D eigenvalue weighted by atomic mass is 9.95. The second kappa shape index (κ2) is 6.14. The summed E-state index contributed by atoms with van der Waals surface area (Å²) in [5.41, 5.74) is 0.222. The molecule has 20 heavy (non-hydrogen) atoms. The summed E-state index contributed by atoms with van der Waals surface area (Å²) in [4.78, 5) is 12.3. The molecular weight excluding hydrogens is 298 g/mol. The van der Waals surface area contributed by atoms with Crippen molar-refractivity contribution in [1.29, 1.82) is 0 Å². The molecule has 1 aliphatic carbocycles. The third kappa shape index (κ3) is 3.73. The fraction of sp³-hybridized carbons (Fsp3) is 0.500. The van der Waals surface area contributed by atoms with Crippen molar-refractivity contribution in [3.63, 3.8) is 0 Å². The zero-order valence-corrected chi connectivity index (χ0v) is 12.9. The minimum Gasteiger partial charge on any atom is -0.349 e. The van der Waals surface area contributed by atoms with Crippen LogP contribution in [-0.4, -0.2) is 26.6 Å². The molecule has 0 aliphatic heterocycles. The van der Waals surface area contributed by atoms with E-state index in [0.717, 1.165) is 31.9 Å². The molecule has 1 saturated carbocycles. The molecule has 0 bridgehead atoms. The zero-order chi connectivity index (χ0) is 14.8. The van der Waals surface area contributed by atoms with Crippen LogP contribution in [0.4, 0.5) is 0 Å². The molecule has 1 aromatic carbocycles.